The summed E-state index contributed by atoms with van der Waals surface area (Å²) in [4.78, 5) is 17.5. The number of carbonyl (C=O) groups excluding carboxylic acids is 1. The van der Waals surface area contributed by atoms with Gasteiger partial charge < -0.3 is 4.74 Å². The first kappa shape index (κ1) is 17.7. The van der Waals surface area contributed by atoms with Crippen molar-refractivity contribution in [2.24, 2.45) is 17.3 Å². The van der Waals surface area contributed by atoms with Crippen LogP contribution in [-0.4, -0.2) is 17.9 Å². The first-order chi connectivity index (χ1) is 13.6. The lowest BCUT2D eigenvalue weighted by Gasteiger charge is -2.48. The molecule has 0 N–H and O–H groups in total. The van der Waals surface area contributed by atoms with Crippen LogP contribution in [-0.2, 0) is 11.2 Å². The van der Waals surface area contributed by atoms with Gasteiger partial charge in [0.15, 0.2) is 5.78 Å². The lowest BCUT2D eigenvalue weighted by atomic mass is 9.55. The van der Waals surface area contributed by atoms with Gasteiger partial charge in [0.1, 0.15) is 5.75 Å². The second kappa shape index (κ2) is 6.58. The average Bonchev–Trinajstić information content (AvgIpc) is 2.99. The summed E-state index contributed by atoms with van der Waals surface area (Å²) in [6.07, 6.45) is 11.0. The highest BCUT2D eigenvalue weighted by Gasteiger charge is 2.56. The van der Waals surface area contributed by atoms with Crippen molar-refractivity contribution in [3.8, 4) is 5.75 Å². The van der Waals surface area contributed by atoms with Crippen LogP contribution in [0, 0.1) is 17.3 Å². The Balaban J connectivity index is 1.48. The average molecular weight is 373 g/mol. The van der Waals surface area contributed by atoms with E-state index in [1.54, 1.807) is 19.5 Å². The molecular weight excluding hydrogens is 346 g/mol. The third kappa shape index (κ3) is 2.63. The van der Waals surface area contributed by atoms with E-state index in [1.807, 2.05) is 12.1 Å². The number of methoxy groups -OCH3 is 1. The lowest BCUT2D eigenvalue weighted by molar-refractivity contribution is -0.127. The second-order valence-electron chi connectivity index (χ2n) is 8.92. The van der Waals surface area contributed by atoms with E-state index in [0.29, 0.717) is 23.5 Å². The molecule has 3 heteroatoms. The van der Waals surface area contributed by atoms with Gasteiger partial charge in [0.25, 0.3) is 0 Å². The molecule has 0 aliphatic heterocycles. The van der Waals surface area contributed by atoms with Gasteiger partial charge in [0.05, 0.1) is 7.11 Å². The Morgan fingerprint density at radius 1 is 1.18 bits per heavy atom. The number of carbonyl (C=O) groups is 1. The number of benzene rings is 1. The van der Waals surface area contributed by atoms with E-state index in [-0.39, 0.29) is 5.41 Å². The summed E-state index contributed by atoms with van der Waals surface area (Å²) in [6.45, 7) is 2.23. The van der Waals surface area contributed by atoms with Gasteiger partial charge in [-0.15, -0.1) is 0 Å². The number of aromatic nitrogens is 1. The highest BCUT2D eigenvalue weighted by Crippen LogP contribution is 2.60. The Morgan fingerprint density at radius 2 is 2.00 bits per heavy atom. The predicted molar refractivity (Wildman–Crippen MR) is 110 cm³/mol. The number of nitrogens with zero attached hydrogens (tertiary/aromatic N) is 1. The summed E-state index contributed by atoms with van der Waals surface area (Å²) in [5.41, 5.74) is 4.85. The minimum atomic E-state index is -0.190. The number of hydrogen-bond donors (Lipinski definition) is 0. The van der Waals surface area contributed by atoms with Gasteiger partial charge in [-0.05, 0) is 102 Å². The number of ether oxygens (including phenoxy) is 1. The van der Waals surface area contributed by atoms with Crippen LogP contribution in [0.5, 0.6) is 5.75 Å². The Hall–Kier alpha value is -2.42. The zero-order valence-electron chi connectivity index (χ0n) is 16.7. The highest BCUT2D eigenvalue weighted by molar-refractivity contribution is 6.05. The van der Waals surface area contributed by atoms with E-state index < -0.39 is 0 Å². The van der Waals surface area contributed by atoms with Gasteiger partial charge in [0, 0.05) is 17.8 Å². The molecule has 0 saturated heterocycles. The fraction of sp³-hybridized carbons (Fsp3) is 0.440. The number of allylic oxidation sites excluding steroid dienone is 1. The fourth-order valence-electron chi connectivity index (χ4n) is 6.15. The molecule has 3 nitrogen and oxygen atoms in total. The SMILES string of the molecule is COc1ccc2c(c1)CC[C@@H]1[C@@H]2CC[C@]2(C)C(=O)/C(=C/c3ccncc3)C[C@@H]12. The zero-order valence-corrected chi connectivity index (χ0v) is 16.7. The molecule has 28 heavy (non-hydrogen) atoms. The third-order valence-electron chi connectivity index (χ3n) is 7.62. The maximum Gasteiger partial charge on any atom is 0.165 e. The van der Waals surface area contributed by atoms with Crippen LogP contribution in [0.4, 0.5) is 0 Å². The zero-order chi connectivity index (χ0) is 19.3. The van der Waals surface area contributed by atoms with Gasteiger partial charge in [-0.3, -0.25) is 9.78 Å². The van der Waals surface area contributed by atoms with Crippen LogP contribution in [0.25, 0.3) is 6.08 Å². The molecule has 0 unspecified atom stereocenters. The van der Waals surface area contributed by atoms with Crippen molar-refractivity contribution in [2.75, 3.05) is 7.11 Å². The smallest absolute Gasteiger partial charge is 0.165 e. The molecule has 2 aromatic rings. The van der Waals surface area contributed by atoms with E-state index in [0.717, 1.165) is 42.6 Å². The molecule has 144 valence electrons. The van der Waals surface area contributed by atoms with Crippen molar-refractivity contribution in [3.63, 3.8) is 0 Å². The molecule has 2 saturated carbocycles. The van der Waals surface area contributed by atoms with Crippen LogP contribution >= 0.6 is 0 Å². The summed E-state index contributed by atoms with van der Waals surface area (Å²) in [5.74, 6) is 2.99. The van der Waals surface area contributed by atoms with Gasteiger partial charge >= 0.3 is 0 Å². The summed E-state index contributed by atoms with van der Waals surface area (Å²) in [5, 5.41) is 0. The standard InChI is InChI=1S/C25H27NO2/c1-25-10-7-21-20-6-4-19(28-2)14-17(20)3-5-22(21)23(25)15-18(24(25)27)13-16-8-11-26-12-9-16/h4,6,8-9,11-14,21-23H,3,5,7,10,15H2,1-2H3/b18-13+/t21-,22-,23+,25+/m1/s1. The third-order valence-corrected chi connectivity index (χ3v) is 7.62. The van der Waals surface area contributed by atoms with Crippen LogP contribution in [0.15, 0.2) is 48.3 Å². The second-order valence-corrected chi connectivity index (χ2v) is 8.92. The van der Waals surface area contributed by atoms with Gasteiger partial charge in [0.2, 0.25) is 0 Å². The van der Waals surface area contributed by atoms with Crippen LogP contribution in [0.1, 0.15) is 55.2 Å². The molecule has 5 rings (SSSR count). The Morgan fingerprint density at radius 3 is 2.79 bits per heavy atom. The maximum atomic E-state index is 13.4. The topological polar surface area (TPSA) is 39.2 Å². The van der Waals surface area contributed by atoms with Crippen molar-refractivity contribution < 1.29 is 9.53 Å². The van der Waals surface area contributed by atoms with Gasteiger partial charge in [-0.25, -0.2) is 0 Å². The van der Waals surface area contributed by atoms with Crippen molar-refractivity contribution >= 4 is 11.9 Å². The molecule has 0 radical (unpaired) electrons. The number of aryl methyl sites for hydroxylation is 1. The van der Waals surface area contributed by atoms with Crippen LogP contribution in [0.2, 0.25) is 0 Å². The van der Waals surface area contributed by atoms with E-state index in [9.17, 15) is 4.79 Å². The summed E-state index contributed by atoms with van der Waals surface area (Å²) < 4.78 is 5.43. The molecule has 3 aliphatic carbocycles. The largest absolute Gasteiger partial charge is 0.497 e. The minimum Gasteiger partial charge on any atom is -0.497 e. The van der Waals surface area contributed by atoms with E-state index >= 15 is 0 Å². The molecular formula is C25H27NO2. The normalized spacial score (nSPS) is 32.6. The maximum absolute atomic E-state index is 13.4. The Labute approximate surface area is 166 Å². The monoisotopic (exact) mass is 373 g/mol. The molecule has 0 amide bonds. The highest BCUT2D eigenvalue weighted by atomic mass is 16.5. The molecule has 1 heterocycles. The Bertz CT molecular complexity index is 948. The first-order valence-electron chi connectivity index (χ1n) is 10.4. The number of fused-ring (bicyclic) bond motifs is 5. The predicted octanol–water partition coefficient (Wildman–Crippen LogP) is 5.21. The number of hydrogen-bond acceptors (Lipinski definition) is 3. The van der Waals surface area contributed by atoms with Crippen LogP contribution in [0.3, 0.4) is 0 Å². The van der Waals surface area contributed by atoms with Gasteiger partial charge in [-0.2, -0.15) is 0 Å². The summed E-state index contributed by atoms with van der Waals surface area (Å²) >= 11 is 0. The van der Waals surface area contributed by atoms with Gasteiger partial charge in [-0.1, -0.05) is 13.0 Å². The van der Waals surface area contributed by atoms with Crippen LogP contribution < -0.4 is 4.74 Å². The quantitative estimate of drug-likeness (QED) is 0.679. The van der Waals surface area contributed by atoms with Crippen molar-refractivity contribution in [1.82, 2.24) is 4.98 Å². The van der Waals surface area contributed by atoms with E-state index in [2.05, 4.69) is 36.2 Å². The lowest BCUT2D eigenvalue weighted by Crippen LogP contribution is -2.42. The van der Waals surface area contributed by atoms with Crippen molar-refractivity contribution in [1.29, 1.82) is 0 Å². The Kier molecular flexibility index (Phi) is 4.15. The summed E-state index contributed by atoms with van der Waals surface area (Å²) in [7, 11) is 1.74. The van der Waals surface area contributed by atoms with Crippen molar-refractivity contribution in [3.05, 3.63) is 65.0 Å². The van der Waals surface area contributed by atoms with Crippen molar-refractivity contribution in [2.45, 2.75) is 44.9 Å². The number of Topliss-reactive ketones (excluding diaryl/α,β-unsaturated/α-hetero) is 1. The fourth-order valence-corrected chi connectivity index (χ4v) is 6.15. The number of rotatable bonds is 2. The molecule has 3 aliphatic rings. The summed E-state index contributed by atoms with van der Waals surface area (Å²) in [6, 6.07) is 10.6. The number of ketones is 1. The minimum absolute atomic E-state index is 0.190. The molecule has 4 atom stereocenters. The number of pyridine rings is 1. The molecule has 1 aromatic heterocycles. The molecule has 0 spiro atoms. The van der Waals surface area contributed by atoms with E-state index in [4.69, 9.17) is 4.74 Å². The molecule has 2 fully saturated rings. The molecule has 1 aromatic carbocycles. The van der Waals surface area contributed by atoms with E-state index in [1.165, 1.54) is 17.5 Å². The molecule has 0 bridgehead atoms. The first-order valence-corrected chi connectivity index (χ1v) is 10.4.